The Hall–Kier alpha value is -2.38. The van der Waals surface area contributed by atoms with Gasteiger partial charge in [-0.3, -0.25) is 14.9 Å². The Kier molecular flexibility index (Phi) is 4.25. The predicted molar refractivity (Wildman–Crippen MR) is 74.6 cm³/mol. The molecule has 0 spiro atoms. The molecule has 0 aromatic carbocycles. The molecule has 8 nitrogen and oxygen atoms in total. The van der Waals surface area contributed by atoms with Crippen LogP contribution in [0.15, 0.2) is 12.1 Å². The van der Waals surface area contributed by atoms with Crippen LogP contribution in [0.3, 0.4) is 0 Å². The van der Waals surface area contributed by atoms with Gasteiger partial charge in [0.1, 0.15) is 0 Å². The van der Waals surface area contributed by atoms with Crippen molar-refractivity contribution in [3.05, 3.63) is 22.2 Å². The summed E-state index contributed by atoms with van der Waals surface area (Å²) >= 11 is 0. The van der Waals surface area contributed by atoms with Crippen molar-refractivity contribution in [1.29, 1.82) is 0 Å². The van der Waals surface area contributed by atoms with Crippen LogP contribution in [0.2, 0.25) is 0 Å². The highest BCUT2D eigenvalue weighted by atomic mass is 16.6. The van der Waals surface area contributed by atoms with Crippen molar-refractivity contribution < 1.29 is 19.6 Å². The lowest BCUT2D eigenvalue weighted by Gasteiger charge is -2.36. The van der Waals surface area contributed by atoms with E-state index in [4.69, 9.17) is 9.84 Å². The molecule has 2 rings (SSSR count). The molecule has 8 heteroatoms. The molecule has 21 heavy (non-hydrogen) atoms. The number of carboxylic acids is 1. The largest absolute Gasteiger partial charge is 0.481 e. The van der Waals surface area contributed by atoms with E-state index in [2.05, 4.69) is 4.98 Å². The lowest BCUT2D eigenvalue weighted by Crippen LogP contribution is -2.43. The molecule has 1 aliphatic heterocycles. The number of hydrogen-bond acceptors (Lipinski definition) is 6. The van der Waals surface area contributed by atoms with Crippen LogP contribution in [0, 0.1) is 16.0 Å². The van der Waals surface area contributed by atoms with Crippen LogP contribution in [0.25, 0.3) is 0 Å². The fourth-order valence-electron chi connectivity index (χ4n) is 2.60. The number of nitrogens with zero attached hydrogens (tertiary/aromatic N) is 3. The number of anilines is 1. The van der Waals surface area contributed by atoms with Gasteiger partial charge in [0.25, 0.3) is 0 Å². The summed E-state index contributed by atoms with van der Waals surface area (Å²) in [6.45, 7) is 2.26. The molecule has 0 amide bonds. The first kappa shape index (κ1) is 15.0. The lowest BCUT2D eigenvalue weighted by atomic mass is 9.91. The molecule has 114 valence electrons. The smallest absolute Gasteiger partial charge is 0.311 e. The Morgan fingerprint density at radius 1 is 1.57 bits per heavy atom. The van der Waals surface area contributed by atoms with Gasteiger partial charge in [0, 0.05) is 24.7 Å². The molecule has 0 bridgehead atoms. The van der Waals surface area contributed by atoms with Crippen LogP contribution in [-0.4, -0.2) is 40.7 Å². The summed E-state index contributed by atoms with van der Waals surface area (Å²) in [4.78, 5) is 27.7. The SMILES string of the molecule is COc1ccc([N+](=O)[O-])c(N2CCC(C(=O)O)CC2C)n1. The molecule has 0 aliphatic carbocycles. The number of piperidine rings is 1. The molecule has 1 saturated heterocycles. The topological polar surface area (TPSA) is 106 Å². The minimum atomic E-state index is -0.824. The second kappa shape index (κ2) is 5.94. The van der Waals surface area contributed by atoms with Gasteiger partial charge >= 0.3 is 11.7 Å². The Morgan fingerprint density at radius 3 is 2.81 bits per heavy atom. The number of aliphatic carboxylic acids is 1. The molecule has 1 aliphatic rings. The molecular formula is C13H17N3O5. The average molecular weight is 295 g/mol. The van der Waals surface area contributed by atoms with Crippen LogP contribution >= 0.6 is 0 Å². The van der Waals surface area contributed by atoms with E-state index in [0.717, 1.165) is 0 Å². The Morgan fingerprint density at radius 2 is 2.29 bits per heavy atom. The maximum atomic E-state index is 11.1. The van der Waals surface area contributed by atoms with Crippen molar-refractivity contribution in [1.82, 2.24) is 4.98 Å². The zero-order valence-corrected chi connectivity index (χ0v) is 11.9. The first-order valence-corrected chi connectivity index (χ1v) is 6.63. The normalized spacial score (nSPS) is 21.9. The van der Waals surface area contributed by atoms with Crippen molar-refractivity contribution in [3.8, 4) is 5.88 Å². The number of ether oxygens (including phenoxy) is 1. The number of hydrogen-bond donors (Lipinski definition) is 1. The highest BCUT2D eigenvalue weighted by Crippen LogP contribution is 2.34. The van der Waals surface area contributed by atoms with E-state index < -0.39 is 16.8 Å². The van der Waals surface area contributed by atoms with E-state index in [0.29, 0.717) is 25.3 Å². The Labute approximate surface area is 121 Å². The molecule has 0 saturated carbocycles. The molecule has 2 heterocycles. The van der Waals surface area contributed by atoms with Gasteiger partial charge in [-0.15, -0.1) is 0 Å². The van der Waals surface area contributed by atoms with Gasteiger partial charge in [0.05, 0.1) is 18.0 Å². The van der Waals surface area contributed by atoms with Crippen molar-refractivity contribution in [2.45, 2.75) is 25.8 Å². The second-order valence-corrected chi connectivity index (χ2v) is 5.06. The number of aromatic nitrogens is 1. The molecule has 2 unspecified atom stereocenters. The van der Waals surface area contributed by atoms with Crippen molar-refractivity contribution >= 4 is 17.5 Å². The second-order valence-electron chi connectivity index (χ2n) is 5.06. The maximum Gasteiger partial charge on any atom is 0.311 e. The van der Waals surface area contributed by atoms with Crippen LogP contribution in [0.4, 0.5) is 11.5 Å². The zero-order chi connectivity index (χ0) is 15.6. The zero-order valence-electron chi connectivity index (χ0n) is 11.9. The summed E-state index contributed by atoms with van der Waals surface area (Å²) in [6.07, 6.45) is 0.876. The van der Waals surface area contributed by atoms with Gasteiger partial charge in [-0.25, -0.2) is 0 Å². The van der Waals surface area contributed by atoms with E-state index in [1.165, 1.54) is 19.2 Å². The molecule has 1 fully saturated rings. The van der Waals surface area contributed by atoms with Gasteiger partial charge in [0.15, 0.2) is 0 Å². The number of carbonyl (C=O) groups is 1. The van der Waals surface area contributed by atoms with E-state index >= 15 is 0 Å². The van der Waals surface area contributed by atoms with E-state index in [1.807, 2.05) is 6.92 Å². The maximum absolute atomic E-state index is 11.1. The van der Waals surface area contributed by atoms with Gasteiger partial charge < -0.3 is 14.7 Å². The molecule has 1 aromatic rings. The molecule has 1 N–H and O–H groups in total. The van der Waals surface area contributed by atoms with E-state index in [9.17, 15) is 14.9 Å². The van der Waals surface area contributed by atoms with Crippen LogP contribution < -0.4 is 9.64 Å². The summed E-state index contributed by atoms with van der Waals surface area (Å²) < 4.78 is 5.02. The standard InChI is InChI=1S/C13H17N3O5/c1-8-7-9(13(17)18)5-6-15(8)12-10(16(19)20)3-4-11(14-12)21-2/h3-4,8-9H,5-7H2,1-2H3,(H,17,18). The first-order valence-electron chi connectivity index (χ1n) is 6.63. The first-order chi connectivity index (χ1) is 9.93. The van der Waals surface area contributed by atoms with Crippen LogP contribution in [0.5, 0.6) is 5.88 Å². The summed E-state index contributed by atoms with van der Waals surface area (Å²) in [5.74, 6) is -0.714. The monoisotopic (exact) mass is 295 g/mol. The molecule has 0 radical (unpaired) electrons. The number of nitro groups is 1. The highest BCUT2D eigenvalue weighted by molar-refractivity contribution is 5.71. The quantitative estimate of drug-likeness (QED) is 0.665. The van der Waals surface area contributed by atoms with Gasteiger partial charge in [-0.2, -0.15) is 4.98 Å². The number of pyridine rings is 1. The van der Waals surface area contributed by atoms with E-state index in [1.54, 1.807) is 4.90 Å². The minimum Gasteiger partial charge on any atom is -0.481 e. The summed E-state index contributed by atoms with van der Waals surface area (Å²) in [5, 5.41) is 20.2. The summed E-state index contributed by atoms with van der Waals surface area (Å²) in [7, 11) is 1.44. The third kappa shape index (κ3) is 3.04. The van der Waals surface area contributed by atoms with Gasteiger partial charge in [-0.05, 0) is 19.8 Å². The highest BCUT2D eigenvalue weighted by Gasteiger charge is 2.33. The Bertz CT molecular complexity index is 563. The molecule has 1 aromatic heterocycles. The van der Waals surface area contributed by atoms with Crippen LogP contribution in [-0.2, 0) is 4.79 Å². The molecule has 2 atom stereocenters. The van der Waals surface area contributed by atoms with Crippen molar-refractivity contribution in [2.24, 2.45) is 5.92 Å². The van der Waals surface area contributed by atoms with Gasteiger partial charge in [-0.1, -0.05) is 0 Å². The number of carboxylic acid groups (broad SMARTS) is 1. The average Bonchev–Trinajstić information content (AvgIpc) is 2.46. The summed E-state index contributed by atoms with van der Waals surface area (Å²) in [5.41, 5.74) is -0.101. The number of methoxy groups -OCH3 is 1. The predicted octanol–water partition coefficient (Wildman–Crippen LogP) is 1.69. The van der Waals surface area contributed by atoms with Crippen LogP contribution in [0.1, 0.15) is 19.8 Å². The number of rotatable bonds is 4. The van der Waals surface area contributed by atoms with Crippen molar-refractivity contribution in [2.75, 3.05) is 18.6 Å². The Balaban J connectivity index is 2.32. The fraction of sp³-hybridized carbons (Fsp3) is 0.538. The minimum absolute atomic E-state index is 0.101. The lowest BCUT2D eigenvalue weighted by molar-refractivity contribution is -0.384. The third-order valence-corrected chi connectivity index (χ3v) is 3.73. The van der Waals surface area contributed by atoms with E-state index in [-0.39, 0.29) is 17.5 Å². The fourth-order valence-corrected chi connectivity index (χ4v) is 2.60. The summed E-state index contributed by atoms with van der Waals surface area (Å²) in [6, 6.07) is 2.66. The van der Waals surface area contributed by atoms with Crippen molar-refractivity contribution in [3.63, 3.8) is 0 Å². The molecular weight excluding hydrogens is 278 g/mol. The third-order valence-electron chi connectivity index (χ3n) is 3.73. The van der Waals surface area contributed by atoms with Gasteiger partial charge in [0.2, 0.25) is 11.7 Å².